The highest BCUT2D eigenvalue weighted by Gasteiger charge is 2.28. The molecule has 0 fully saturated rings. The molecule has 0 unspecified atom stereocenters. The molecule has 104 valence electrons. The van der Waals surface area contributed by atoms with E-state index in [1.54, 1.807) is 13.8 Å². The number of carbonyl (C=O) groups is 1. The van der Waals surface area contributed by atoms with E-state index in [1.165, 1.54) is 19.2 Å². The number of methoxy groups -OCH3 is 1. The summed E-state index contributed by atoms with van der Waals surface area (Å²) in [5.41, 5.74) is 4.23. The summed E-state index contributed by atoms with van der Waals surface area (Å²) >= 11 is 0. The maximum Gasteiger partial charge on any atom is 0.256 e. The van der Waals surface area contributed by atoms with E-state index < -0.39 is 23.2 Å². The Kier molecular flexibility index (Phi) is 4.44. The zero-order valence-corrected chi connectivity index (χ0v) is 10.9. The molecule has 4 N–H and O–H groups in total. The second-order valence-electron chi connectivity index (χ2n) is 4.32. The summed E-state index contributed by atoms with van der Waals surface area (Å²) in [6.45, 7) is 3.12. The molecule has 0 spiro atoms. The minimum atomic E-state index is -1.09. The zero-order chi connectivity index (χ0) is 14.6. The lowest BCUT2D eigenvalue weighted by atomic mass is 10.1. The fraction of sp³-hybridized carbons (Fsp3) is 0.333. The number of anilines is 1. The Labute approximate surface area is 110 Å². The molecule has 0 bridgehead atoms. The SMILES string of the molecule is COC(C)(C)C(=O)Nc1cccc(F)c1/C(N)=N/O. The Hall–Kier alpha value is -2.15. The van der Waals surface area contributed by atoms with Crippen molar-refractivity contribution in [2.75, 3.05) is 12.4 Å². The molecule has 0 saturated heterocycles. The normalized spacial score (nSPS) is 12.3. The lowest BCUT2D eigenvalue weighted by Crippen LogP contribution is -2.39. The van der Waals surface area contributed by atoms with E-state index in [0.717, 1.165) is 6.07 Å². The van der Waals surface area contributed by atoms with Gasteiger partial charge in [-0.05, 0) is 26.0 Å². The molecule has 6 nitrogen and oxygen atoms in total. The van der Waals surface area contributed by atoms with Gasteiger partial charge in [0, 0.05) is 7.11 Å². The van der Waals surface area contributed by atoms with Gasteiger partial charge in [-0.2, -0.15) is 0 Å². The quantitative estimate of drug-likeness (QED) is 0.332. The number of nitrogens with zero attached hydrogens (tertiary/aromatic N) is 1. The monoisotopic (exact) mass is 269 g/mol. The number of oxime groups is 1. The molecule has 0 aromatic heterocycles. The van der Waals surface area contributed by atoms with Gasteiger partial charge in [-0.25, -0.2) is 4.39 Å². The van der Waals surface area contributed by atoms with Crippen molar-refractivity contribution in [3.05, 3.63) is 29.6 Å². The molecule has 0 aliphatic rings. The number of rotatable bonds is 4. The molecular weight excluding hydrogens is 253 g/mol. The van der Waals surface area contributed by atoms with Crippen LogP contribution >= 0.6 is 0 Å². The van der Waals surface area contributed by atoms with Gasteiger partial charge in [0.1, 0.15) is 11.4 Å². The van der Waals surface area contributed by atoms with E-state index in [-0.39, 0.29) is 11.3 Å². The van der Waals surface area contributed by atoms with Crippen molar-refractivity contribution in [3.63, 3.8) is 0 Å². The summed E-state index contributed by atoms with van der Waals surface area (Å²) in [7, 11) is 1.38. The molecule has 0 aliphatic heterocycles. The number of ether oxygens (including phenoxy) is 1. The van der Waals surface area contributed by atoms with Crippen LogP contribution in [0.1, 0.15) is 19.4 Å². The van der Waals surface area contributed by atoms with Gasteiger partial charge in [0.25, 0.3) is 5.91 Å². The first-order valence-corrected chi connectivity index (χ1v) is 5.46. The minimum absolute atomic E-state index is 0.102. The van der Waals surface area contributed by atoms with Gasteiger partial charge in [-0.1, -0.05) is 11.2 Å². The first-order valence-electron chi connectivity index (χ1n) is 5.46. The molecular formula is C12H16FN3O3. The van der Waals surface area contributed by atoms with Crippen LogP contribution in [0.25, 0.3) is 0 Å². The summed E-state index contributed by atoms with van der Waals surface area (Å²) in [5, 5.41) is 13.9. The van der Waals surface area contributed by atoms with Crippen LogP contribution in [-0.4, -0.2) is 29.7 Å². The van der Waals surface area contributed by atoms with E-state index in [2.05, 4.69) is 10.5 Å². The van der Waals surface area contributed by atoms with Crippen molar-refractivity contribution in [1.29, 1.82) is 0 Å². The number of nitrogens with one attached hydrogen (secondary N) is 1. The van der Waals surface area contributed by atoms with Gasteiger partial charge < -0.3 is 21.0 Å². The maximum absolute atomic E-state index is 13.7. The molecule has 0 atom stereocenters. The number of halogens is 1. The van der Waals surface area contributed by atoms with Gasteiger partial charge >= 0.3 is 0 Å². The van der Waals surface area contributed by atoms with Crippen LogP contribution in [0.15, 0.2) is 23.4 Å². The number of amidine groups is 1. The van der Waals surface area contributed by atoms with Crippen molar-refractivity contribution in [2.24, 2.45) is 10.9 Å². The van der Waals surface area contributed by atoms with Crippen molar-refractivity contribution in [3.8, 4) is 0 Å². The summed E-state index contributed by atoms with van der Waals surface area (Å²) in [6.07, 6.45) is 0. The van der Waals surface area contributed by atoms with Crippen molar-refractivity contribution in [1.82, 2.24) is 0 Å². The van der Waals surface area contributed by atoms with Gasteiger partial charge in [-0.3, -0.25) is 4.79 Å². The van der Waals surface area contributed by atoms with Gasteiger partial charge in [0.15, 0.2) is 5.84 Å². The number of hydrogen-bond acceptors (Lipinski definition) is 4. The van der Waals surface area contributed by atoms with Crippen molar-refractivity contribution in [2.45, 2.75) is 19.4 Å². The molecule has 0 heterocycles. The van der Waals surface area contributed by atoms with Crippen LogP contribution in [-0.2, 0) is 9.53 Å². The van der Waals surface area contributed by atoms with Crippen molar-refractivity contribution >= 4 is 17.4 Å². The number of carbonyl (C=O) groups excluding carboxylic acids is 1. The van der Waals surface area contributed by atoms with Crippen LogP contribution in [0.5, 0.6) is 0 Å². The average Bonchev–Trinajstić information content (AvgIpc) is 2.38. The molecule has 1 amide bonds. The highest BCUT2D eigenvalue weighted by molar-refractivity contribution is 6.07. The van der Waals surface area contributed by atoms with E-state index in [9.17, 15) is 9.18 Å². The molecule has 0 aliphatic carbocycles. The Bertz CT molecular complexity index is 515. The number of hydrogen-bond donors (Lipinski definition) is 3. The highest BCUT2D eigenvalue weighted by atomic mass is 19.1. The Balaban J connectivity index is 3.16. The smallest absolute Gasteiger partial charge is 0.256 e. The third-order valence-corrected chi connectivity index (χ3v) is 2.68. The highest BCUT2D eigenvalue weighted by Crippen LogP contribution is 2.21. The predicted molar refractivity (Wildman–Crippen MR) is 68.6 cm³/mol. The third kappa shape index (κ3) is 3.19. The Morgan fingerprint density at radius 3 is 2.68 bits per heavy atom. The minimum Gasteiger partial charge on any atom is -0.409 e. The summed E-state index contributed by atoms with van der Waals surface area (Å²) < 4.78 is 18.7. The number of nitrogens with two attached hydrogens (primary N) is 1. The number of amides is 1. The van der Waals surface area contributed by atoms with Crippen LogP contribution in [0.2, 0.25) is 0 Å². The fourth-order valence-corrected chi connectivity index (χ4v) is 1.30. The largest absolute Gasteiger partial charge is 0.409 e. The average molecular weight is 269 g/mol. The van der Waals surface area contributed by atoms with Gasteiger partial charge in [-0.15, -0.1) is 0 Å². The topological polar surface area (TPSA) is 96.9 Å². The summed E-state index contributed by atoms with van der Waals surface area (Å²) in [6, 6.07) is 3.99. The summed E-state index contributed by atoms with van der Waals surface area (Å²) in [4.78, 5) is 11.9. The van der Waals surface area contributed by atoms with Gasteiger partial charge in [0.05, 0.1) is 11.3 Å². The fourth-order valence-electron chi connectivity index (χ4n) is 1.30. The first kappa shape index (κ1) is 14.9. The second-order valence-corrected chi connectivity index (χ2v) is 4.32. The molecule has 0 radical (unpaired) electrons. The summed E-state index contributed by atoms with van der Waals surface area (Å²) in [5.74, 6) is -1.61. The lowest BCUT2D eigenvalue weighted by Gasteiger charge is -2.22. The third-order valence-electron chi connectivity index (χ3n) is 2.68. The van der Waals surface area contributed by atoms with Crippen LogP contribution in [0.3, 0.4) is 0 Å². The predicted octanol–water partition coefficient (Wildman–Crippen LogP) is 1.28. The molecule has 1 rings (SSSR count). The standard InChI is InChI=1S/C12H16FN3O3/c1-12(2,19-3)11(17)15-8-6-4-5-7(13)9(8)10(14)16-18/h4-6,18H,1-3H3,(H2,14,16)(H,15,17). The molecule has 7 heteroatoms. The lowest BCUT2D eigenvalue weighted by molar-refractivity contribution is -0.133. The van der Waals surface area contributed by atoms with Crippen LogP contribution < -0.4 is 11.1 Å². The molecule has 1 aromatic rings. The molecule has 0 saturated carbocycles. The van der Waals surface area contributed by atoms with E-state index in [0.29, 0.717) is 0 Å². The Morgan fingerprint density at radius 2 is 2.16 bits per heavy atom. The second kappa shape index (κ2) is 5.66. The van der Waals surface area contributed by atoms with E-state index in [1.807, 2.05) is 0 Å². The van der Waals surface area contributed by atoms with Gasteiger partial charge in [0.2, 0.25) is 0 Å². The number of benzene rings is 1. The Morgan fingerprint density at radius 1 is 1.53 bits per heavy atom. The van der Waals surface area contributed by atoms with E-state index in [4.69, 9.17) is 15.7 Å². The molecule has 1 aromatic carbocycles. The zero-order valence-electron chi connectivity index (χ0n) is 10.9. The first-order chi connectivity index (χ1) is 8.83. The van der Waals surface area contributed by atoms with Crippen LogP contribution in [0, 0.1) is 5.82 Å². The van der Waals surface area contributed by atoms with Crippen molar-refractivity contribution < 1.29 is 19.1 Å². The molecule has 19 heavy (non-hydrogen) atoms. The maximum atomic E-state index is 13.7. The van der Waals surface area contributed by atoms with Crippen LogP contribution in [0.4, 0.5) is 10.1 Å². The van der Waals surface area contributed by atoms with E-state index >= 15 is 0 Å².